The third-order valence-electron chi connectivity index (χ3n) is 0. The molecule has 0 aliphatic heterocycles. The lowest BCUT2D eigenvalue weighted by Crippen LogP contribution is -1.90. The van der Waals surface area contributed by atoms with Crippen LogP contribution in [0.1, 0.15) is 1.43 Å². The molecule has 0 saturated carbocycles. The molecule has 0 aromatic carbocycles. The average molecular weight is 166 g/mol. The van der Waals surface area contributed by atoms with Gasteiger partial charge in [-0.3, -0.25) is 4.55 Å². The summed E-state index contributed by atoms with van der Waals surface area (Å²) in [5, 5.41) is 0. The predicted molar refractivity (Wildman–Crippen MR) is 33.5 cm³/mol. The Kier molecular flexibility index (Phi) is 44.5. The number of rotatable bonds is 0. The second-order valence-corrected chi connectivity index (χ2v) is 1.28. The van der Waals surface area contributed by atoms with E-state index in [9.17, 15) is 0 Å². The molecule has 0 saturated heterocycles. The molecular formula is H14N4O4S. The topological polar surface area (TPSA) is 217 Å². The summed E-state index contributed by atoms with van der Waals surface area (Å²) in [5.74, 6) is 0. The van der Waals surface area contributed by atoms with Gasteiger partial charge in [0.2, 0.25) is 10.4 Å². The molecule has 0 heterocycles. The van der Waals surface area contributed by atoms with E-state index < -0.39 is 10.4 Å². The van der Waals surface area contributed by atoms with Gasteiger partial charge in [0.25, 0.3) is 0 Å². The van der Waals surface area contributed by atoms with Crippen LogP contribution in [-0.2, 0) is 10.4 Å². The van der Waals surface area contributed by atoms with Crippen molar-refractivity contribution in [1.82, 2.24) is 24.6 Å². The van der Waals surface area contributed by atoms with Crippen molar-refractivity contribution in [2.75, 3.05) is 0 Å². The molecule has 0 atom stereocenters. The molecular weight excluding hydrogens is 152 g/mol. The van der Waals surface area contributed by atoms with Gasteiger partial charge in [-0.1, -0.05) is 0 Å². The second-order valence-electron chi connectivity index (χ2n) is 0.428. The van der Waals surface area contributed by atoms with Crippen LogP contribution in [0.5, 0.6) is 0 Å². The Morgan fingerprint density at radius 2 is 1.11 bits per heavy atom. The van der Waals surface area contributed by atoms with Crippen molar-refractivity contribution in [1.29, 1.82) is 0 Å². The minimum Gasteiger partial charge on any atom is -0.726 e. The van der Waals surface area contributed by atoms with E-state index in [1.807, 2.05) is 0 Å². The fraction of sp³-hybridized carbons (Fsp3) is 0. The molecule has 64 valence electrons. The van der Waals surface area contributed by atoms with Gasteiger partial charge in [0, 0.05) is 0 Å². The molecule has 0 unspecified atom stereocenters. The maximum atomic E-state index is 8.63. The summed E-state index contributed by atoms with van der Waals surface area (Å²) in [6, 6.07) is 0. The predicted octanol–water partition coefficient (Wildman–Crippen LogP) is -0.235. The molecule has 0 bridgehead atoms. The summed E-state index contributed by atoms with van der Waals surface area (Å²) >= 11 is 0. The van der Waals surface area contributed by atoms with E-state index in [2.05, 4.69) is 0 Å². The smallest absolute Gasteiger partial charge is 0.726 e. The fourth-order valence-electron chi connectivity index (χ4n) is 0. The van der Waals surface area contributed by atoms with Crippen molar-refractivity contribution in [3.63, 3.8) is 0 Å². The van der Waals surface area contributed by atoms with Crippen LogP contribution in [0.15, 0.2) is 0 Å². The minimum absolute atomic E-state index is 0. The lowest BCUT2D eigenvalue weighted by Gasteiger charge is -1.88. The Morgan fingerprint density at radius 3 is 1.11 bits per heavy atom. The molecule has 9 heteroatoms. The lowest BCUT2D eigenvalue weighted by atomic mass is 14.0. The third-order valence-corrected chi connectivity index (χ3v) is 0. The van der Waals surface area contributed by atoms with E-state index in [1.54, 1.807) is 0 Å². The summed E-state index contributed by atoms with van der Waals surface area (Å²) in [5.41, 5.74) is 0. The van der Waals surface area contributed by atoms with Gasteiger partial charge in [0.1, 0.15) is 0 Å². The van der Waals surface area contributed by atoms with Crippen molar-refractivity contribution < 1.29 is 18.9 Å². The van der Waals surface area contributed by atoms with Crippen LogP contribution in [0.2, 0.25) is 0 Å². The van der Waals surface area contributed by atoms with Crippen molar-refractivity contribution in [2.24, 2.45) is 0 Å². The van der Waals surface area contributed by atoms with Crippen LogP contribution < -0.4 is 24.6 Å². The highest BCUT2D eigenvalue weighted by Crippen LogP contribution is 1.58. The molecule has 0 aliphatic carbocycles. The molecule has 0 fully saturated rings. The quantitative estimate of drug-likeness (QED) is 0.238. The monoisotopic (exact) mass is 166 g/mol. The van der Waals surface area contributed by atoms with Gasteiger partial charge >= 0.3 is 1.43 Å². The highest BCUT2D eigenvalue weighted by molar-refractivity contribution is 7.79. The van der Waals surface area contributed by atoms with Gasteiger partial charge in [-0.2, -0.15) is 0 Å². The highest BCUT2D eigenvalue weighted by Gasteiger charge is 1.67. The lowest BCUT2D eigenvalue weighted by molar-refractivity contribution is 0.366. The molecule has 0 spiro atoms. The summed E-state index contributed by atoms with van der Waals surface area (Å²) < 4.78 is 32.8. The van der Waals surface area contributed by atoms with Crippen LogP contribution in [-0.4, -0.2) is 17.5 Å². The van der Waals surface area contributed by atoms with E-state index in [4.69, 9.17) is 17.5 Å². The van der Waals surface area contributed by atoms with Gasteiger partial charge in [-0.15, -0.1) is 0 Å². The third kappa shape index (κ3) is 2990. The summed E-state index contributed by atoms with van der Waals surface area (Å²) in [6.45, 7) is 0. The first kappa shape index (κ1) is 37.6. The van der Waals surface area contributed by atoms with Crippen molar-refractivity contribution in [2.45, 2.75) is 0 Å². The van der Waals surface area contributed by atoms with Crippen LogP contribution in [0, 0.1) is 0 Å². The van der Waals surface area contributed by atoms with Gasteiger partial charge in [-0.05, 0) is 0 Å². The normalized spacial score (nSPS) is 6.44. The number of hydrogen-bond donors (Lipinski definition) is 5. The molecule has 0 aromatic heterocycles. The average Bonchev–Trinajstić information content (AvgIpc) is 0.722. The molecule has 0 amide bonds. The van der Waals surface area contributed by atoms with E-state index in [1.165, 1.54) is 0 Å². The first-order valence-electron chi connectivity index (χ1n) is 0.683. The molecule has 13 N–H and O–H groups in total. The van der Waals surface area contributed by atoms with Crippen LogP contribution in [0.4, 0.5) is 0 Å². The molecule has 0 aliphatic rings. The number of hydrogen-bond acceptors (Lipinski definition) is 7. The molecule has 9 heavy (non-hydrogen) atoms. The largest absolute Gasteiger partial charge is 1.00 e. The zero-order chi connectivity index (χ0) is 4.50. The first-order valence-corrected chi connectivity index (χ1v) is 2.05. The maximum absolute atomic E-state index is 8.63. The van der Waals surface area contributed by atoms with Crippen LogP contribution in [0.25, 0.3) is 0 Å². The highest BCUT2D eigenvalue weighted by atomic mass is 32.3. The van der Waals surface area contributed by atoms with Crippen LogP contribution >= 0.6 is 0 Å². The van der Waals surface area contributed by atoms with E-state index >= 15 is 0 Å². The molecule has 0 rings (SSSR count). The Bertz CT molecular complexity index is 100. The van der Waals surface area contributed by atoms with Gasteiger partial charge in [0.05, 0.1) is 0 Å². The van der Waals surface area contributed by atoms with E-state index in [-0.39, 0.29) is 26.0 Å². The Morgan fingerprint density at radius 1 is 1.11 bits per heavy atom. The zero-order valence-electron chi connectivity index (χ0n) is 5.91. The molecule has 8 nitrogen and oxygen atoms in total. The summed E-state index contributed by atoms with van der Waals surface area (Å²) in [6.07, 6.45) is 0. The van der Waals surface area contributed by atoms with Crippen molar-refractivity contribution in [3.05, 3.63) is 0 Å². The van der Waals surface area contributed by atoms with Crippen molar-refractivity contribution in [3.8, 4) is 0 Å². The summed E-state index contributed by atoms with van der Waals surface area (Å²) in [4.78, 5) is 0. The Balaban J connectivity index is -0.00000000800. The Labute approximate surface area is 55.0 Å². The van der Waals surface area contributed by atoms with Crippen molar-refractivity contribution >= 4 is 10.4 Å². The van der Waals surface area contributed by atoms with E-state index in [0.29, 0.717) is 0 Å². The van der Waals surface area contributed by atoms with E-state index in [0.717, 1.165) is 0 Å². The Hall–Kier alpha value is -0.290. The van der Waals surface area contributed by atoms with Gasteiger partial charge in [0.15, 0.2) is 0 Å². The maximum Gasteiger partial charge on any atom is 1.00 e. The molecule has 0 aromatic rings. The van der Waals surface area contributed by atoms with Crippen LogP contribution in [0.3, 0.4) is 0 Å². The molecule has 0 radical (unpaired) electrons. The SMILES string of the molecule is N.N.N.N.O=S(=O)([O-])O.[H+]. The second kappa shape index (κ2) is 10.6. The first-order chi connectivity index (χ1) is 2.00. The van der Waals surface area contributed by atoms with Gasteiger partial charge < -0.3 is 29.2 Å². The minimum atomic E-state index is -4.92. The van der Waals surface area contributed by atoms with Gasteiger partial charge in [-0.25, -0.2) is 8.42 Å². The fourth-order valence-corrected chi connectivity index (χ4v) is 0. The standard InChI is InChI=1S/4H3N.H2O4S/c;;;;1-5(2,3)4/h4*1H3;(H2,1,2,3,4). The summed E-state index contributed by atoms with van der Waals surface area (Å²) in [7, 11) is -4.92. The zero-order valence-corrected chi connectivity index (χ0v) is 5.73.